The van der Waals surface area contributed by atoms with Crippen LogP contribution in [-0.4, -0.2) is 21.7 Å². The van der Waals surface area contributed by atoms with Gasteiger partial charge in [-0.3, -0.25) is 9.48 Å². The number of fused-ring (bicyclic) bond motifs is 2. The van der Waals surface area contributed by atoms with Crippen LogP contribution in [0.2, 0.25) is 0 Å². The number of carbonyl (C=O) groups excluding carboxylic acids is 1. The molecule has 2 bridgehead atoms. The maximum atomic E-state index is 12.2. The van der Waals surface area contributed by atoms with Gasteiger partial charge in [-0.05, 0) is 73.5 Å². The van der Waals surface area contributed by atoms with Crippen molar-refractivity contribution in [3.05, 3.63) is 15.5 Å². The maximum absolute atomic E-state index is 12.2. The number of rotatable bonds is 5. The smallest absolute Gasteiger partial charge is 0.222 e. The molecule has 1 amide bonds. The number of halogens is 1. The quantitative estimate of drug-likeness (QED) is 0.771. The summed E-state index contributed by atoms with van der Waals surface area (Å²) in [5, 5.41) is 7.53. The highest BCUT2D eigenvalue weighted by Gasteiger charge is 2.42. The lowest BCUT2D eigenvalue weighted by atomic mass is 9.84. The second kappa shape index (κ2) is 6.26. The predicted molar refractivity (Wildman–Crippen MR) is 90.8 cm³/mol. The van der Waals surface area contributed by atoms with Gasteiger partial charge in [-0.2, -0.15) is 5.10 Å². The van der Waals surface area contributed by atoms with Crippen LogP contribution in [0.1, 0.15) is 44.7 Å². The molecule has 1 N–H and O–H groups in total. The van der Waals surface area contributed by atoms with Crippen LogP contribution < -0.4 is 5.32 Å². The van der Waals surface area contributed by atoms with E-state index in [0.29, 0.717) is 24.9 Å². The summed E-state index contributed by atoms with van der Waals surface area (Å²) in [6.45, 7) is 4.90. The standard InChI is InChI=1S/C16H24IN3O/c1-10(14-8-12-3-4-13(14)7-12)19-16(21)5-6-20-11(2)15(17)9-18-20/h9-10,12-14H,3-8H2,1-2H3,(H,19,21)/t10-,12-,13-,14+/m0/s1. The van der Waals surface area contributed by atoms with Gasteiger partial charge in [-0.25, -0.2) is 0 Å². The van der Waals surface area contributed by atoms with Crippen LogP contribution in [-0.2, 0) is 11.3 Å². The second-order valence-corrected chi connectivity index (χ2v) is 7.91. The SMILES string of the molecule is Cc1c(I)cnn1CCC(=O)N[C@@H](C)[C@H]1C[C@H]2CC[C@H]1C2. The number of hydrogen-bond donors (Lipinski definition) is 1. The van der Waals surface area contributed by atoms with Crippen LogP contribution in [0.15, 0.2) is 6.20 Å². The first-order valence-electron chi connectivity index (χ1n) is 8.02. The highest BCUT2D eigenvalue weighted by Crippen LogP contribution is 2.49. The molecule has 2 fully saturated rings. The molecule has 2 saturated carbocycles. The molecule has 0 saturated heterocycles. The molecular formula is C16H24IN3O. The zero-order valence-electron chi connectivity index (χ0n) is 12.8. The van der Waals surface area contributed by atoms with Crippen molar-refractivity contribution in [1.29, 1.82) is 0 Å². The Morgan fingerprint density at radius 3 is 2.90 bits per heavy atom. The second-order valence-electron chi connectivity index (χ2n) is 6.75. The maximum Gasteiger partial charge on any atom is 0.222 e. The van der Waals surface area contributed by atoms with Gasteiger partial charge in [0.05, 0.1) is 9.77 Å². The number of nitrogens with one attached hydrogen (secondary N) is 1. The molecule has 0 unspecified atom stereocenters. The molecule has 0 spiro atoms. The molecule has 2 aliphatic rings. The first kappa shape index (κ1) is 15.3. The molecule has 1 heterocycles. The number of aryl methyl sites for hydroxylation is 1. The van der Waals surface area contributed by atoms with Crippen molar-refractivity contribution in [3.8, 4) is 0 Å². The van der Waals surface area contributed by atoms with E-state index in [9.17, 15) is 4.79 Å². The first-order valence-corrected chi connectivity index (χ1v) is 9.09. The molecule has 4 atom stereocenters. The van der Waals surface area contributed by atoms with Crippen molar-refractivity contribution in [3.63, 3.8) is 0 Å². The van der Waals surface area contributed by atoms with Gasteiger partial charge in [0, 0.05) is 24.7 Å². The Hall–Kier alpha value is -0.590. The minimum absolute atomic E-state index is 0.162. The lowest BCUT2D eigenvalue weighted by Gasteiger charge is -2.28. The molecule has 21 heavy (non-hydrogen) atoms. The lowest BCUT2D eigenvalue weighted by molar-refractivity contribution is -0.122. The minimum Gasteiger partial charge on any atom is -0.353 e. The molecule has 0 radical (unpaired) electrons. The fourth-order valence-electron chi connectivity index (χ4n) is 4.20. The third kappa shape index (κ3) is 3.27. The molecular weight excluding hydrogens is 377 g/mol. The Morgan fingerprint density at radius 1 is 1.52 bits per heavy atom. The zero-order valence-corrected chi connectivity index (χ0v) is 15.0. The summed E-state index contributed by atoms with van der Waals surface area (Å²) in [5.41, 5.74) is 1.14. The van der Waals surface area contributed by atoms with Gasteiger partial charge in [0.25, 0.3) is 0 Å². The van der Waals surface area contributed by atoms with Gasteiger partial charge in [0.15, 0.2) is 0 Å². The van der Waals surface area contributed by atoms with Crippen LogP contribution in [0.3, 0.4) is 0 Å². The summed E-state index contributed by atoms with van der Waals surface area (Å²) < 4.78 is 3.08. The summed E-state index contributed by atoms with van der Waals surface area (Å²) in [7, 11) is 0. The van der Waals surface area contributed by atoms with Gasteiger partial charge >= 0.3 is 0 Å². The van der Waals surface area contributed by atoms with Gasteiger partial charge in [0.2, 0.25) is 5.91 Å². The lowest BCUT2D eigenvalue weighted by Crippen LogP contribution is -2.40. The summed E-state index contributed by atoms with van der Waals surface area (Å²) in [6, 6.07) is 0.326. The van der Waals surface area contributed by atoms with Crippen LogP contribution in [0.5, 0.6) is 0 Å². The molecule has 5 heteroatoms. The fourth-order valence-corrected chi connectivity index (χ4v) is 4.60. The molecule has 1 aromatic rings. The van der Waals surface area contributed by atoms with Crippen LogP contribution in [0, 0.1) is 28.2 Å². The van der Waals surface area contributed by atoms with Crippen LogP contribution in [0.25, 0.3) is 0 Å². The number of nitrogens with zero attached hydrogens (tertiary/aromatic N) is 2. The third-order valence-electron chi connectivity index (χ3n) is 5.42. The van der Waals surface area contributed by atoms with E-state index in [1.807, 2.05) is 17.8 Å². The van der Waals surface area contributed by atoms with Crippen molar-refractivity contribution in [2.75, 3.05) is 0 Å². The van der Waals surface area contributed by atoms with Gasteiger partial charge < -0.3 is 5.32 Å². The molecule has 2 aliphatic carbocycles. The van der Waals surface area contributed by atoms with Gasteiger partial charge in [0.1, 0.15) is 0 Å². The Bertz CT molecular complexity index is 528. The van der Waals surface area contributed by atoms with Crippen molar-refractivity contribution >= 4 is 28.5 Å². The predicted octanol–water partition coefficient (Wildman–Crippen LogP) is 3.13. The van der Waals surface area contributed by atoms with E-state index >= 15 is 0 Å². The van der Waals surface area contributed by atoms with E-state index < -0.39 is 0 Å². The van der Waals surface area contributed by atoms with Crippen LogP contribution in [0.4, 0.5) is 0 Å². The van der Waals surface area contributed by atoms with E-state index in [1.54, 1.807) is 0 Å². The largest absolute Gasteiger partial charge is 0.353 e. The van der Waals surface area contributed by atoms with Crippen LogP contribution >= 0.6 is 22.6 Å². The van der Waals surface area contributed by atoms with Gasteiger partial charge in [-0.15, -0.1) is 0 Å². The van der Waals surface area contributed by atoms with E-state index in [4.69, 9.17) is 0 Å². The summed E-state index contributed by atoms with van der Waals surface area (Å²) in [6.07, 6.45) is 7.88. The molecule has 0 aliphatic heterocycles. The highest BCUT2D eigenvalue weighted by atomic mass is 127. The highest BCUT2D eigenvalue weighted by molar-refractivity contribution is 14.1. The Balaban J connectivity index is 1.47. The summed E-state index contributed by atoms with van der Waals surface area (Å²) >= 11 is 2.27. The van der Waals surface area contributed by atoms with Crippen molar-refractivity contribution < 1.29 is 4.79 Å². The van der Waals surface area contributed by atoms with E-state index in [1.165, 1.54) is 25.7 Å². The van der Waals surface area contributed by atoms with Gasteiger partial charge in [-0.1, -0.05) is 6.42 Å². The molecule has 1 aromatic heterocycles. The average molecular weight is 401 g/mol. The van der Waals surface area contributed by atoms with Crippen molar-refractivity contribution in [2.45, 2.75) is 58.5 Å². The Kier molecular flexibility index (Phi) is 4.57. The normalized spacial score (nSPS) is 28.8. The zero-order chi connectivity index (χ0) is 15.0. The molecule has 4 nitrogen and oxygen atoms in total. The number of hydrogen-bond acceptors (Lipinski definition) is 2. The Morgan fingerprint density at radius 2 is 2.33 bits per heavy atom. The molecule has 3 rings (SSSR count). The Labute approximate surface area is 140 Å². The average Bonchev–Trinajstić information content (AvgIpc) is 3.15. The first-order chi connectivity index (χ1) is 10.0. The van der Waals surface area contributed by atoms with E-state index in [-0.39, 0.29) is 5.91 Å². The van der Waals surface area contributed by atoms with Crippen molar-refractivity contribution in [1.82, 2.24) is 15.1 Å². The van der Waals surface area contributed by atoms with E-state index in [2.05, 4.69) is 39.9 Å². The number of carbonyl (C=O) groups is 1. The fraction of sp³-hybridized carbons (Fsp3) is 0.750. The summed E-state index contributed by atoms with van der Waals surface area (Å²) in [4.78, 5) is 12.2. The monoisotopic (exact) mass is 401 g/mol. The van der Waals surface area contributed by atoms with E-state index in [0.717, 1.165) is 21.1 Å². The number of amides is 1. The molecule has 0 aromatic carbocycles. The summed E-state index contributed by atoms with van der Waals surface area (Å²) in [5.74, 6) is 2.67. The number of aromatic nitrogens is 2. The third-order valence-corrected chi connectivity index (χ3v) is 6.48. The minimum atomic E-state index is 0.162. The topological polar surface area (TPSA) is 46.9 Å². The molecule has 116 valence electrons. The van der Waals surface area contributed by atoms with Crippen molar-refractivity contribution in [2.24, 2.45) is 17.8 Å².